The third kappa shape index (κ3) is 2.17. The van der Waals surface area contributed by atoms with Crippen LogP contribution in [-0.2, 0) is 4.74 Å². The number of carbonyl (C=O) groups excluding carboxylic acids is 1. The molecule has 1 amide bonds. The van der Waals surface area contributed by atoms with Crippen LogP contribution in [0.25, 0.3) is 0 Å². The van der Waals surface area contributed by atoms with Gasteiger partial charge in [0.05, 0.1) is 6.61 Å². The lowest BCUT2D eigenvalue weighted by Gasteiger charge is -2.31. The molecule has 2 N–H and O–H groups in total. The van der Waals surface area contributed by atoms with Gasteiger partial charge >= 0.3 is 6.09 Å². The van der Waals surface area contributed by atoms with Crippen molar-refractivity contribution in [3.63, 3.8) is 0 Å². The first kappa shape index (κ1) is 11.0. The Kier molecular flexibility index (Phi) is 3.10. The fourth-order valence-electron chi connectivity index (χ4n) is 1.80. The Morgan fingerprint density at radius 1 is 1.56 bits per heavy atom. The normalized spacial score (nSPS) is 20.8. The second-order valence-corrected chi connectivity index (χ2v) is 4.13. The maximum absolute atomic E-state index is 11.6. The number of aryl methyl sites for hydroxylation is 1. The van der Waals surface area contributed by atoms with E-state index in [0.29, 0.717) is 19.7 Å². The van der Waals surface area contributed by atoms with Gasteiger partial charge in [-0.3, -0.25) is 4.90 Å². The van der Waals surface area contributed by atoms with Crippen LogP contribution in [-0.4, -0.2) is 25.8 Å². The van der Waals surface area contributed by atoms with Gasteiger partial charge in [0.15, 0.2) is 0 Å². The summed E-state index contributed by atoms with van der Waals surface area (Å²) in [6.07, 6.45) is -0.282. The first-order valence-electron chi connectivity index (χ1n) is 5.41. The number of ether oxygens (including phenoxy) is 1. The summed E-state index contributed by atoms with van der Waals surface area (Å²) in [5.41, 5.74) is 7.60. The monoisotopic (exact) mass is 220 g/mol. The predicted molar refractivity (Wildman–Crippen MR) is 62.4 cm³/mol. The molecule has 4 nitrogen and oxygen atoms in total. The number of amides is 1. The molecule has 1 aromatic carbocycles. The van der Waals surface area contributed by atoms with Crippen molar-refractivity contribution in [1.29, 1.82) is 0 Å². The van der Waals surface area contributed by atoms with E-state index in [4.69, 9.17) is 10.5 Å². The van der Waals surface area contributed by atoms with E-state index < -0.39 is 0 Å². The van der Waals surface area contributed by atoms with Gasteiger partial charge in [0.1, 0.15) is 0 Å². The molecule has 4 heteroatoms. The number of hydrogen-bond acceptors (Lipinski definition) is 3. The molecule has 0 aromatic heterocycles. The molecule has 1 heterocycles. The van der Waals surface area contributed by atoms with Crippen LogP contribution in [0.5, 0.6) is 0 Å². The highest BCUT2D eigenvalue weighted by Gasteiger charge is 2.27. The second kappa shape index (κ2) is 4.53. The highest BCUT2D eigenvalue weighted by molar-refractivity contribution is 5.88. The molecule has 0 saturated carbocycles. The molecule has 0 aliphatic carbocycles. The van der Waals surface area contributed by atoms with Gasteiger partial charge in [0.2, 0.25) is 0 Å². The summed E-state index contributed by atoms with van der Waals surface area (Å²) in [7, 11) is 0. The molecule has 1 aromatic rings. The number of carbonyl (C=O) groups is 1. The predicted octanol–water partition coefficient (Wildman–Crippen LogP) is 1.53. The number of rotatable bonds is 2. The van der Waals surface area contributed by atoms with Crippen LogP contribution < -0.4 is 10.6 Å². The lowest BCUT2D eigenvalue weighted by molar-refractivity contribution is 0.117. The molecular weight excluding hydrogens is 204 g/mol. The highest BCUT2D eigenvalue weighted by atomic mass is 16.6. The van der Waals surface area contributed by atoms with Crippen molar-refractivity contribution in [2.75, 3.05) is 24.6 Å². The summed E-state index contributed by atoms with van der Waals surface area (Å²) in [5.74, 6) is 0.221. The summed E-state index contributed by atoms with van der Waals surface area (Å²) < 4.78 is 5.10. The minimum absolute atomic E-state index is 0.221. The summed E-state index contributed by atoms with van der Waals surface area (Å²) in [4.78, 5) is 13.3. The summed E-state index contributed by atoms with van der Waals surface area (Å²) in [5, 5.41) is 0. The molecule has 1 fully saturated rings. The number of anilines is 1. The molecular formula is C12H16N2O2. The number of benzene rings is 1. The number of nitrogens with zero attached hydrogens (tertiary/aromatic N) is 1. The lowest BCUT2D eigenvalue weighted by atomic mass is 10.1. The van der Waals surface area contributed by atoms with Crippen molar-refractivity contribution in [2.45, 2.75) is 6.92 Å². The van der Waals surface area contributed by atoms with E-state index in [1.54, 1.807) is 4.90 Å². The standard InChI is InChI=1S/C12H16N2O2/c1-9-3-2-4-11(5-9)14-7-10(6-13)8-16-12(14)15/h2-5,10H,6-8,13H2,1H3. The summed E-state index contributed by atoms with van der Waals surface area (Å²) >= 11 is 0. The minimum atomic E-state index is -0.282. The van der Waals surface area contributed by atoms with Gasteiger partial charge in [-0.2, -0.15) is 0 Å². The SMILES string of the molecule is Cc1cccc(N2CC(CN)COC2=O)c1. The molecule has 16 heavy (non-hydrogen) atoms. The van der Waals surface area contributed by atoms with Crippen LogP contribution in [0.15, 0.2) is 24.3 Å². The first-order valence-corrected chi connectivity index (χ1v) is 5.41. The van der Waals surface area contributed by atoms with Gasteiger partial charge in [0.25, 0.3) is 0 Å². The molecule has 0 spiro atoms. The lowest BCUT2D eigenvalue weighted by Crippen LogP contribution is -2.45. The maximum Gasteiger partial charge on any atom is 0.414 e. The Bertz CT molecular complexity index is 392. The van der Waals surface area contributed by atoms with Crippen LogP contribution in [0.4, 0.5) is 10.5 Å². The van der Waals surface area contributed by atoms with Crippen molar-refractivity contribution in [3.8, 4) is 0 Å². The van der Waals surface area contributed by atoms with E-state index in [0.717, 1.165) is 11.3 Å². The van der Waals surface area contributed by atoms with E-state index in [9.17, 15) is 4.79 Å². The Morgan fingerprint density at radius 3 is 3.06 bits per heavy atom. The van der Waals surface area contributed by atoms with Crippen LogP contribution in [0.3, 0.4) is 0 Å². The van der Waals surface area contributed by atoms with Crippen molar-refractivity contribution in [3.05, 3.63) is 29.8 Å². The fraction of sp³-hybridized carbons (Fsp3) is 0.417. The largest absolute Gasteiger partial charge is 0.449 e. The van der Waals surface area contributed by atoms with Gasteiger partial charge in [-0.05, 0) is 24.6 Å². The van der Waals surface area contributed by atoms with Crippen LogP contribution in [0.1, 0.15) is 5.56 Å². The average Bonchev–Trinajstić information content (AvgIpc) is 2.30. The summed E-state index contributed by atoms with van der Waals surface area (Å²) in [6.45, 7) is 3.60. The van der Waals surface area contributed by atoms with Gasteiger partial charge in [-0.1, -0.05) is 12.1 Å². The average molecular weight is 220 g/mol. The van der Waals surface area contributed by atoms with E-state index in [-0.39, 0.29) is 12.0 Å². The Hall–Kier alpha value is -1.55. The Morgan fingerprint density at radius 2 is 2.38 bits per heavy atom. The molecule has 0 radical (unpaired) electrons. The third-order valence-corrected chi connectivity index (χ3v) is 2.75. The molecule has 1 aliphatic rings. The van der Waals surface area contributed by atoms with Crippen LogP contribution >= 0.6 is 0 Å². The topological polar surface area (TPSA) is 55.6 Å². The zero-order valence-corrected chi connectivity index (χ0v) is 9.35. The second-order valence-electron chi connectivity index (χ2n) is 4.13. The van der Waals surface area contributed by atoms with Gasteiger partial charge in [-0.25, -0.2) is 4.79 Å². The number of hydrogen-bond donors (Lipinski definition) is 1. The van der Waals surface area contributed by atoms with Crippen molar-refractivity contribution >= 4 is 11.8 Å². The minimum Gasteiger partial charge on any atom is -0.449 e. The zero-order chi connectivity index (χ0) is 11.5. The van der Waals surface area contributed by atoms with E-state index in [2.05, 4.69) is 0 Å². The van der Waals surface area contributed by atoms with Gasteiger partial charge in [-0.15, -0.1) is 0 Å². The molecule has 0 bridgehead atoms. The van der Waals surface area contributed by atoms with Gasteiger partial charge < -0.3 is 10.5 Å². The van der Waals surface area contributed by atoms with E-state index >= 15 is 0 Å². The first-order chi connectivity index (χ1) is 7.70. The van der Waals surface area contributed by atoms with E-state index in [1.165, 1.54) is 0 Å². The van der Waals surface area contributed by atoms with Crippen LogP contribution in [0, 0.1) is 12.8 Å². The summed E-state index contributed by atoms with van der Waals surface area (Å²) in [6, 6.07) is 7.82. The molecule has 1 atom stereocenters. The molecule has 1 saturated heterocycles. The molecule has 86 valence electrons. The fourth-order valence-corrected chi connectivity index (χ4v) is 1.80. The Balaban J connectivity index is 2.21. The van der Waals surface area contributed by atoms with Gasteiger partial charge in [0, 0.05) is 24.7 Å². The quantitative estimate of drug-likeness (QED) is 0.822. The maximum atomic E-state index is 11.6. The number of cyclic esters (lactones) is 1. The van der Waals surface area contributed by atoms with Crippen LogP contribution in [0.2, 0.25) is 0 Å². The van der Waals surface area contributed by atoms with Crippen molar-refractivity contribution in [1.82, 2.24) is 0 Å². The Labute approximate surface area is 95.0 Å². The number of nitrogens with two attached hydrogens (primary N) is 1. The smallest absolute Gasteiger partial charge is 0.414 e. The third-order valence-electron chi connectivity index (χ3n) is 2.75. The zero-order valence-electron chi connectivity index (χ0n) is 9.35. The van der Waals surface area contributed by atoms with Crippen molar-refractivity contribution in [2.24, 2.45) is 11.7 Å². The highest BCUT2D eigenvalue weighted by Crippen LogP contribution is 2.21. The molecule has 1 unspecified atom stereocenters. The molecule has 2 rings (SSSR count). The van der Waals surface area contributed by atoms with E-state index in [1.807, 2.05) is 31.2 Å². The molecule has 1 aliphatic heterocycles. The van der Waals surface area contributed by atoms with Crippen molar-refractivity contribution < 1.29 is 9.53 Å².